The maximum Gasteiger partial charge on any atom is 0.262 e. The van der Waals surface area contributed by atoms with Crippen molar-refractivity contribution in [3.05, 3.63) is 34.9 Å². The Morgan fingerprint density at radius 2 is 1.81 bits per heavy atom. The van der Waals surface area contributed by atoms with Gasteiger partial charge in [-0.15, -0.1) is 0 Å². The fourth-order valence-electron chi connectivity index (χ4n) is 3.93. The highest BCUT2D eigenvalue weighted by atomic mass is 16.2. The number of amides is 4. The van der Waals surface area contributed by atoms with Crippen molar-refractivity contribution in [2.75, 3.05) is 26.2 Å². The zero-order chi connectivity index (χ0) is 19.0. The summed E-state index contributed by atoms with van der Waals surface area (Å²) in [6.07, 6.45) is 1.37. The first kappa shape index (κ1) is 17.8. The molecule has 142 valence electrons. The Labute approximate surface area is 156 Å². The van der Waals surface area contributed by atoms with Crippen LogP contribution in [-0.2, 0) is 16.1 Å². The molecule has 1 unspecified atom stereocenters. The number of benzene rings is 1. The van der Waals surface area contributed by atoms with Gasteiger partial charge < -0.3 is 5.32 Å². The molecule has 3 aliphatic heterocycles. The molecule has 1 aromatic rings. The van der Waals surface area contributed by atoms with Crippen LogP contribution in [0.5, 0.6) is 0 Å². The van der Waals surface area contributed by atoms with Gasteiger partial charge in [-0.25, -0.2) is 0 Å². The van der Waals surface area contributed by atoms with E-state index < -0.39 is 23.8 Å². The Morgan fingerprint density at radius 3 is 2.63 bits per heavy atom. The average molecular weight is 370 g/mol. The molecule has 1 atom stereocenters. The number of hydrogen-bond donors (Lipinski definition) is 2. The summed E-state index contributed by atoms with van der Waals surface area (Å²) in [5.41, 5.74) is 1.64. The minimum absolute atomic E-state index is 0.123. The van der Waals surface area contributed by atoms with Crippen LogP contribution in [0.1, 0.15) is 45.5 Å². The van der Waals surface area contributed by atoms with Crippen molar-refractivity contribution in [2.45, 2.75) is 31.8 Å². The number of imide groups is 2. The minimum atomic E-state index is -0.921. The lowest BCUT2D eigenvalue weighted by molar-refractivity contribution is -0.136. The van der Waals surface area contributed by atoms with E-state index in [0.29, 0.717) is 11.1 Å². The third kappa shape index (κ3) is 3.38. The highest BCUT2D eigenvalue weighted by Gasteiger charge is 2.44. The van der Waals surface area contributed by atoms with Crippen LogP contribution >= 0.6 is 0 Å². The molecular weight excluding hydrogens is 348 g/mol. The highest BCUT2D eigenvalue weighted by molar-refractivity contribution is 6.23. The molecule has 4 rings (SSSR count). The van der Waals surface area contributed by atoms with Crippen LogP contribution in [0.15, 0.2) is 18.2 Å². The summed E-state index contributed by atoms with van der Waals surface area (Å²) < 4.78 is 0. The Morgan fingerprint density at radius 1 is 1.00 bits per heavy atom. The number of piperidine rings is 1. The maximum absolute atomic E-state index is 12.8. The van der Waals surface area contributed by atoms with Crippen LogP contribution in [0.25, 0.3) is 0 Å². The molecule has 2 saturated heterocycles. The van der Waals surface area contributed by atoms with Crippen LogP contribution in [0.4, 0.5) is 0 Å². The summed E-state index contributed by atoms with van der Waals surface area (Å²) in [6.45, 7) is 4.58. The quantitative estimate of drug-likeness (QED) is 0.720. The maximum atomic E-state index is 12.8. The van der Waals surface area contributed by atoms with Crippen LogP contribution < -0.4 is 10.6 Å². The summed E-state index contributed by atoms with van der Waals surface area (Å²) in [5.74, 6) is -1.88. The van der Waals surface area contributed by atoms with Gasteiger partial charge in [0.15, 0.2) is 0 Å². The van der Waals surface area contributed by atoms with Crippen LogP contribution in [0.2, 0.25) is 0 Å². The molecule has 27 heavy (non-hydrogen) atoms. The topological polar surface area (TPSA) is 98.8 Å². The molecule has 0 saturated carbocycles. The van der Waals surface area contributed by atoms with E-state index in [1.165, 1.54) is 0 Å². The van der Waals surface area contributed by atoms with Gasteiger partial charge in [-0.1, -0.05) is 6.07 Å². The molecule has 3 aliphatic rings. The number of carbonyl (C=O) groups excluding carboxylic acids is 4. The second-order valence-electron chi connectivity index (χ2n) is 7.21. The lowest BCUT2D eigenvalue weighted by Gasteiger charge is -2.27. The summed E-state index contributed by atoms with van der Waals surface area (Å²) in [7, 11) is 0. The first-order chi connectivity index (χ1) is 13.0. The fourth-order valence-corrected chi connectivity index (χ4v) is 3.93. The number of nitrogens with one attached hydrogen (secondary N) is 2. The molecule has 0 radical (unpaired) electrons. The number of carbonyl (C=O) groups is 4. The summed E-state index contributed by atoms with van der Waals surface area (Å²) in [6, 6.07) is 4.39. The fraction of sp³-hybridized carbons (Fsp3) is 0.474. The predicted molar refractivity (Wildman–Crippen MR) is 95.9 cm³/mol. The van der Waals surface area contributed by atoms with E-state index in [-0.39, 0.29) is 18.7 Å². The van der Waals surface area contributed by atoms with Gasteiger partial charge in [-0.3, -0.25) is 34.3 Å². The first-order valence-electron chi connectivity index (χ1n) is 9.32. The molecule has 0 aliphatic carbocycles. The second-order valence-corrected chi connectivity index (χ2v) is 7.21. The Kier molecular flexibility index (Phi) is 4.75. The lowest BCUT2D eigenvalue weighted by atomic mass is 10.0. The number of nitrogens with zero attached hydrogens (tertiary/aromatic N) is 2. The van der Waals surface area contributed by atoms with E-state index in [0.717, 1.165) is 49.6 Å². The molecule has 1 aromatic carbocycles. The molecule has 2 fully saturated rings. The van der Waals surface area contributed by atoms with Gasteiger partial charge >= 0.3 is 0 Å². The molecule has 3 heterocycles. The van der Waals surface area contributed by atoms with Gasteiger partial charge in [0.2, 0.25) is 11.8 Å². The minimum Gasteiger partial charge on any atom is -0.315 e. The Bertz CT molecular complexity index is 814. The van der Waals surface area contributed by atoms with E-state index in [1.807, 2.05) is 6.07 Å². The van der Waals surface area contributed by atoms with Crippen molar-refractivity contribution in [3.63, 3.8) is 0 Å². The first-order valence-corrected chi connectivity index (χ1v) is 9.32. The SMILES string of the molecule is O=C1CCC(N2C(=O)c3ccc(CN4CCCNCC4)cc3C2=O)C(=O)N1. The van der Waals surface area contributed by atoms with Crippen molar-refractivity contribution in [1.82, 2.24) is 20.4 Å². The van der Waals surface area contributed by atoms with E-state index in [9.17, 15) is 19.2 Å². The largest absolute Gasteiger partial charge is 0.315 e. The van der Waals surface area contributed by atoms with E-state index >= 15 is 0 Å². The molecule has 4 amide bonds. The summed E-state index contributed by atoms with van der Waals surface area (Å²) >= 11 is 0. The molecule has 0 bridgehead atoms. The molecule has 0 aromatic heterocycles. The second kappa shape index (κ2) is 7.21. The normalized spacial score (nSPS) is 24.0. The monoisotopic (exact) mass is 370 g/mol. The van der Waals surface area contributed by atoms with Crippen molar-refractivity contribution in [3.8, 4) is 0 Å². The molecule has 0 spiro atoms. The third-order valence-electron chi connectivity index (χ3n) is 5.34. The zero-order valence-electron chi connectivity index (χ0n) is 15.0. The highest BCUT2D eigenvalue weighted by Crippen LogP contribution is 2.28. The average Bonchev–Trinajstić information content (AvgIpc) is 2.82. The van der Waals surface area contributed by atoms with E-state index in [1.54, 1.807) is 12.1 Å². The Balaban J connectivity index is 1.54. The van der Waals surface area contributed by atoms with Crippen molar-refractivity contribution in [2.24, 2.45) is 0 Å². The predicted octanol–water partition coefficient (Wildman–Crippen LogP) is -0.117. The van der Waals surface area contributed by atoms with Crippen molar-refractivity contribution in [1.29, 1.82) is 0 Å². The zero-order valence-corrected chi connectivity index (χ0v) is 15.0. The van der Waals surface area contributed by atoms with Gasteiger partial charge in [0.05, 0.1) is 11.1 Å². The molecule has 8 heteroatoms. The van der Waals surface area contributed by atoms with Crippen LogP contribution in [0.3, 0.4) is 0 Å². The number of fused-ring (bicyclic) bond motifs is 1. The van der Waals surface area contributed by atoms with Gasteiger partial charge in [0, 0.05) is 26.1 Å². The van der Waals surface area contributed by atoms with Crippen molar-refractivity contribution >= 4 is 23.6 Å². The summed E-state index contributed by atoms with van der Waals surface area (Å²) in [4.78, 5) is 52.3. The van der Waals surface area contributed by atoms with Gasteiger partial charge in [-0.05, 0) is 43.6 Å². The molecular formula is C19H22N4O4. The van der Waals surface area contributed by atoms with E-state index in [2.05, 4.69) is 15.5 Å². The van der Waals surface area contributed by atoms with Crippen LogP contribution in [-0.4, -0.2) is 65.6 Å². The van der Waals surface area contributed by atoms with Crippen molar-refractivity contribution < 1.29 is 19.2 Å². The van der Waals surface area contributed by atoms with Gasteiger partial charge in [-0.2, -0.15) is 0 Å². The number of rotatable bonds is 3. The smallest absolute Gasteiger partial charge is 0.262 e. The molecule has 2 N–H and O–H groups in total. The standard InChI is InChI=1S/C19H22N4O4/c24-16-5-4-15(17(25)21-16)23-18(26)13-3-2-12(10-14(13)19(23)27)11-22-8-1-6-20-7-9-22/h2-3,10,15,20H,1,4-9,11H2,(H,21,24,25). The van der Waals surface area contributed by atoms with E-state index in [4.69, 9.17) is 0 Å². The van der Waals surface area contributed by atoms with Crippen LogP contribution in [0, 0.1) is 0 Å². The molecule has 8 nitrogen and oxygen atoms in total. The Hall–Kier alpha value is -2.58. The van der Waals surface area contributed by atoms with Gasteiger partial charge in [0.1, 0.15) is 6.04 Å². The van der Waals surface area contributed by atoms with Gasteiger partial charge in [0.25, 0.3) is 11.8 Å². The number of hydrogen-bond acceptors (Lipinski definition) is 6. The third-order valence-corrected chi connectivity index (χ3v) is 5.34. The lowest BCUT2D eigenvalue weighted by Crippen LogP contribution is -2.54. The summed E-state index contributed by atoms with van der Waals surface area (Å²) in [5, 5.41) is 5.57.